The Kier molecular flexibility index (Phi) is 18.5. The van der Waals surface area contributed by atoms with E-state index in [-0.39, 0.29) is 12.4 Å². The van der Waals surface area contributed by atoms with Gasteiger partial charge in [-0.05, 0) is 6.42 Å². The van der Waals surface area contributed by atoms with E-state index in [1.165, 1.54) is 25.7 Å². The van der Waals surface area contributed by atoms with Gasteiger partial charge in [0.15, 0.2) is 0 Å². The van der Waals surface area contributed by atoms with Crippen molar-refractivity contribution in [2.75, 3.05) is 33.0 Å². The molecular formula is C10H24ClNO2. The Bertz CT molecular complexity index is 84.2. The predicted molar refractivity (Wildman–Crippen MR) is 62.1 cm³/mol. The second kappa shape index (κ2) is 15.6. The molecule has 0 aliphatic rings. The van der Waals surface area contributed by atoms with Crippen LogP contribution in [0.5, 0.6) is 0 Å². The third-order valence-corrected chi connectivity index (χ3v) is 1.78. The van der Waals surface area contributed by atoms with Gasteiger partial charge in [0, 0.05) is 13.2 Å². The van der Waals surface area contributed by atoms with Crippen LogP contribution in [0.4, 0.5) is 0 Å². The van der Waals surface area contributed by atoms with E-state index in [0.717, 1.165) is 6.61 Å². The van der Waals surface area contributed by atoms with Crippen LogP contribution in [-0.2, 0) is 9.47 Å². The molecular weight excluding hydrogens is 202 g/mol. The van der Waals surface area contributed by atoms with E-state index in [1.54, 1.807) is 0 Å². The number of rotatable bonds is 10. The summed E-state index contributed by atoms with van der Waals surface area (Å²) in [6, 6.07) is 0. The van der Waals surface area contributed by atoms with Crippen molar-refractivity contribution in [1.29, 1.82) is 0 Å². The number of hydrogen-bond donors (Lipinski definition) is 1. The quantitative estimate of drug-likeness (QED) is 0.579. The number of halogens is 1. The van der Waals surface area contributed by atoms with Crippen LogP contribution in [0.3, 0.4) is 0 Å². The molecule has 0 saturated carbocycles. The van der Waals surface area contributed by atoms with Crippen molar-refractivity contribution >= 4 is 12.4 Å². The summed E-state index contributed by atoms with van der Waals surface area (Å²) in [6.07, 6.45) is 5.04. The van der Waals surface area contributed by atoms with E-state index in [9.17, 15) is 0 Å². The van der Waals surface area contributed by atoms with Gasteiger partial charge in [0.1, 0.15) is 0 Å². The zero-order valence-electron chi connectivity index (χ0n) is 9.17. The summed E-state index contributed by atoms with van der Waals surface area (Å²) in [5, 5.41) is 0. The van der Waals surface area contributed by atoms with Gasteiger partial charge in [-0.15, -0.1) is 12.4 Å². The van der Waals surface area contributed by atoms with Gasteiger partial charge in [-0.2, -0.15) is 0 Å². The van der Waals surface area contributed by atoms with Crippen LogP contribution in [0, 0.1) is 0 Å². The van der Waals surface area contributed by atoms with Gasteiger partial charge in [-0.3, -0.25) is 0 Å². The third kappa shape index (κ3) is 14.7. The van der Waals surface area contributed by atoms with Crippen molar-refractivity contribution in [2.45, 2.75) is 32.6 Å². The van der Waals surface area contributed by atoms with Crippen molar-refractivity contribution in [1.82, 2.24) is 0 Å². The Hall–Kier alpha value is 0.170. The maximum atomic E-state index is 5.36. The molecule has 0 aromatic rings. The summed E-state index contributed by atoms with van der Waals surface area (Å²) in [6.45, 7) is 5.68. The van der Waals surface area contributed by atoms with Crippen LogP contribution in [0.15, 0.2) is 0 Å². The SMILES string of the molecule is CCCCCCOCCOCCN.Cl. The molecule has 0 aromatic carbocycles. The highest BCUT2D eigenvalue weighted by atomic mass is 35.5. The molecule has 88 valence electrons. The molecule has 0 aliphatic heterocycles. The highest BCUT2D eigenvalue weighted by molar-refractivity contribution is 5.85. The fourth-order valence-corrected chi connectivity index (χ4v) is 1.04. The molecule has 0 aliphatic carbocycles. The molecule has 0 radical (unpaired) electrons. The van der Waals surface area contributed by atoms with Gasteiger partial charge in [0.2, 0.25) is 0 Å². The monoisotopic (exact) mass is 225 g/mol. The summed E-state index contributed by atoms with van der Waals surface area (Å²) in [5.41, 5.74) is 5.26. The zero-order valence-corrected chi connectivity index (χ0v) is 9.98. The zero-order chi connectivity index (χ0) is 9.78. The topological polar surface area (TPSA) is 44.5 Å². The average Bonchev–Trinajstić information content (AvgIpc) is 2.16. The van der Waals surface area contributed by atoms with Gasteiger partial charge in [-0.25, -0.2) is 0 Å². The van der Waals surface area contributed by atoms with E-state index < -0.39 is 0 Å². The molecule has 0 saturated heterocycles. The summed E-state index contributed by atoms with van der Waals surface area (Å²) < 4.78 is 10.5. The molecule has 0 aromatic heterocycles. The average molecular weight is 226 g/mol. The minimum absolute atomic E-state index is 0. The molecule has 0 heterocycles. The number of unbranched alkanes of at least 4 members (excludes halogenated alkanes) is 3. The van der Waals surface area contributed by atoms with Crippen molar-refractivity contribution in [2.24, 2.45) is 5.73 Å². The fraction of sp³-hybridized carbons (Fsp3) is 1.00. The molecule has 3 nitrogen and oxygen atoms in total. The highest BCUT2D eigenvalue weighted by Crippen LogP contribution is 1.98. The van der Waals surface area contributed by atoms with Crippen LogP contribution >= 0.6 is 12.4 Å². The lowest BCUT2D eigenvalue weighted by atomic mass is 10.2. The lowest BCUT2D eigenvalue weighted by Crippen LogP contribution is -2.12. The molecule has 0 fully saturated rings. The molecule has 0 spiro atoms. The summed E-state index contributed by atoms with van der Waals surface area (Å²) in [4.78, 5) is 0. The van der Waals surface area contributed by atoms with E-state index in [4.69, 9.17) is 15.2 Å². The Balaban J connectivity index is 0. The number of ether oxygens (including phenoxy) is 2. The highest BCUT2D eigenvalue weighted by Gasteiger charge is 1.89. The lowest BCUT2D eigenvalue weighted by molar-refractivity contribution is 0.0492. The number of hydrogen-bond acceptors (Lipinski definition) is 3. The lowest BCUT2D eigenvalue weighted by Gasteiger charge is -2.04. The van der Waals surface area contributed by atoms with Crippen molar-refractivity contribution in [3.05, 3.63) is 0 Å². The standard InChI is InChI=1S/C10H23NO2.ClH/c1-2-3-4-5-7-12-9-10-13-8-6-11;/h2-11H2,1H3;1H. The Morgan fingerprint density at radius 2 is 1.50 bits per heavy atom. The second-order valence-electron chi connectivity index (χ2n) is 3.07. The molecule has 4 heteroatoms. The van der Waals surface area contributed by atoms with Crippen LogP contribution in [0.2, 0.25) is 0 Å². The first-order chi connectivity index (χ1) is 6.41. The summed E-state index contributed by atoms with van der Waals surface area (Å²) in [7, 11) is 0. The van der Waals surface area contributed by atoms with E-state index in [0.29, 0.717) is 26.4 Å². The smallest absolute Gasteiger partial charge is 0.0701 e. The third-order valence-electron chi connectivity index (χ3n) is 1.78. The first-order valence-electron chi connectivity index (χ1n) is 5.27. The molecule has 2 N–H and O–H groups in total. The normalized spacial score (nSPS) is 9.86. The van der Waals surface area contributed by atoms with Crippen LogP contribution in [0.25, 0.3) is 0 Å². The van der Waals surface area contributed by atoms with Crippen molar-refractivity contribution in [3.63, 3.8) is 0 Å². The van der Waals surface area contributed by atoms with Gasteiger partial charge in [-0.1, -0.05) is 26.2 Å². The van der Waals surface area contributed by atoms with Gasteiger partial charge >= 0.3 is 0 Å². The molecule has 0 bridgehead atoms. The van der Waals surface area contributed by atoms with E-state index >= 15 is 0 Å². The first kappa shape index (κ1) is 16.6. The largest absolute Gasteiger partial charge is 0.379 e. The molecule has 0 unspecified atom stereocenters. The number of nitrogens with two attached hydrogens (primary N) is 1. The second-order valence-corrected chi connectivity index (χ2v) is 3.07. The predicted octanol–water partition coefficient (Wildman–Crippen LogP) is 1.98. The van der Waals surface area contributed by atoms with Crippen molar-refractivity contribution < 1.29 is 9.47 Å². The molecule has 0 rings (SSSR count). The maximum absolute atomic E-state index is 5.36. The van der Waals surface area contributed by atoms with Gasteiger partial charge < -0.3 is 15.2 Å². The van der Waals surface area contributed by atoms with Gasteiger partial charge in [0.05, 0.1) is 19.8 Å². The minimum atomic E-state index is 0. The van der Waals surface area contributed by atoms with Gasteiger partial charge in [0.25, 0.3) is 0 Å². The maximum Gasteiger partial charge on any atom is 0.0701 e. The Morgan fingerprint density at radius 1 is 0.857 bits per heavy atom. The fourth-order valence-electron chi connectivity index (χ4n) is 1.04. The molecule has 0 atom stereocenters. The van der Waals surface area contributed by atoms with Crippen LogP contribution in [-0.4, -0.2) is 33.0 Å². The van der Waals surface area contributed by atoms with Crippen molar-refractivity contribution in [3.8, 4) is 0 Å². The Labute approximate surface area is 93.7 Å². The summed E-state index contributed by atoms with van der Waals surface area (Å²) >= 11 is 0. The minimum Gasteiger partial charge on any atom is -0.379 e. The molecule has 0 amide bonds. The Morgan fingerprint density at radius 3 is 2.07 bits per heavy atom. The van der Waals surface area contributed by atoms with E-state index in [2.05, 4.69) is 6.92 Å². The van der Waals surface area contributed by atoms with E-state index in [1.807, 2.05) is 0 Å². The van der Waals surface area contributed by atoms with Crippen LogP contribution < -0.4 is 5.73 Å². The molecule has 14 heavy (non-hydrogen) atoms. The summed E-state index contributed by atoms with van der Waals surface area (Å²) in [5.74, 6) is 0. The first-order valence-corrected chi connectivity index (χ1v) is 5.27. The van der Waals surface area contributed by atoms with Crippen LogP contribution in [0.1, 0.15) is 32.6 Å².